The maximum absolute atomic E-state index is 13.7. The zero-order chi connectivity index (χ0) is 31.7. The van der Waals surface area contributed by atoms with Gasteiger partial charge < -0.3 is 25.8 Å². The summed E-state index contributed by atoms with van der Waals surface area (Å²) in [5.74, 6) is -2.69. The van der Waals surface area contributed by atoms with E-state index in [9.17, 15) is 32.7 Å². The minimum Gasteiger partial charge on any atom is -0.497 e. The third kappa shape index (κ3) is 9.45. The molecule has 8 nitrogen and oxygen atoms in total. The molecule has 230 valence electrons. The van der Waals surface area contributed by atoms with E-state index in [1.807, 2.05) is 0 Å². The van der Waals surface area contributed by atoms with Gasteiger partial charge in [-0.05, 0) is 53.4 Å². The van der Waals surface area contributed by atoms with Gasteiger partial charge in [0, 0.05) is 17.0 Å². The van der Waals surface area contributed by atoms with Crippen LogP contribution in [-0.4, -0.2) is 54.3 Å². The van der Waals surface area contributed by atoms with Crippen molar-refractivity contribution in [1.82, 2.24) is 16.0 Å². The number of hydrogen-bond acceptors (Lipinski definition) is 5. The highest BCUT2D eigenvalue weighted by atomic mass is 35.5. The van der Waals surface area contributed by atoms with E-state index in [1.165, 1.54) is 45.2 Å². The van der Waals surface area contributed by atoms with Crippen molar-refractivity contribution in [2.75, 3.05) is 7.11 Å². The molecule has 0 aliphatic heterocycles. The van der Waals surface area contributed by atoms with Gasteiger partial charge in [0.2, 0.25) is 11.8 Å². The Hall–Kier alpha value is -4.09. The van der Waals surface area contributed by atoms with E-state index in [4.69, 9.17) is 16.3 Å². The lowest BCUT2D eigenvalue weighted by atomic mass is 9.96. The predicted molar refractivity (Wildman–Crippen MR) is 156 cm³/mol. The van der Waals surface area contributed by atoms with Crippen LogP contribution in [0, 0.1) is 5.92 Å². The molecule has 3 rings (SSSR count). The average Bonchev–Trinajstić information content (AvgIpc) is 2.97. The summed E-state index contributed by atoms with van der Waals surface area (Å²) in [5.41, 5.74) is 1.13. The van der Waals surface area contributed by atoms with Crippen molar-refractivity contribution in [3.8, 4) is 5.75 Å². The highest BCUT2D eigenvalue weighted by molar-refractivity contribution is 6.30. The molecule has 0 aliphatic carbocycles. The summed E-state index contributed by atoms with van der Waals surface area (Å²) in [6.07, 6.45) is -7.85. The highest BCUT2D eigenvalue weighted by Gasteiger charge is 2.46. The van der Waals surface area contributed by atoms with Crippen molar-refractivity contribution in [3.05, 3.63) is 101 Å². The maximum atomic E-state index is 13.7. The lowest BCUT2D eigenvalue weighted by Crippen LogP contribution is -2.56. The number of carbonyl (C=O) groups excluding carboxylic acids is 3. The molecule has 4 atom stereocenters. The third-order valence-electron chi connectivity index (χ3n) is 6.69. The summed E-state index contributed by atoms with van der Waals surface area (Å²) in [6, 6.07) is 16.4. The van der Waals surface area contributed by atoms with Crippen LogP contribution in [0.3, 0.4) is 0 Å². The molecule has 0 saturated carbocycles. The van der Waals surface area contributed by atoms with Crippen LogP contribution in [0.15, 0.2) is 78.9 Å². The number of ether oxygens (including phenoxy) is 1. The fourth-order valence-corrected chi connectivity index (χ4v) is 4.55. The Morgan fingerprint density at radius 1 is 0.884 bits per heavy atom. The second-order valence-electron chi connectivity index (χ2n) is 10.2. The van der Waals surface area contributed by atoms with Crippen LogP contribution in [0.5, 0.6) is 5.75 Å². The van der Waals surface area contributed by atoms with Crippen molar-refractivity contribution in [2.24, 2.45) is 5.92 Å². The van der Waals surface area contributed by atoms with Gasteiger partial charge in [-0.25, -0.2) is 0 Å². The van der Waals surface area contributed by atoms with Crippen molar-refractivity contribution < 1.29 is 37.4 Å². The number of aliphatic hydroxyl groups excluding tert-OH is 1. The fraction of sp³-hybridized carbons (Fsp3) is 0.323. The molecule has 0 fully saturated rings. The first-order valence-electron chi connectivity index (χ1n) is 13.4. The number of hydrogen-bond donors (Lipinski definition) is 4. The van der Waals surface area contributed by atoms with Gasteiger partial charge in [-0.1, -0.05) is 67.9 Å². The van der Waals surface area contributed by atoms with E-state index in [0.717, 1.165) is 0 Å². The van der Waals surface area contributed by atoms with Gasteiger partial charge in [-0.2, -0.15) is 13.2 Å². The molecule has 4 N–H and O–H groups in total. The minimum absolute atomic E-state index is 0.0106. The third-order valence-corrected chi connectivity index (χ3v) is 6.92. The van der Waals surface area contributed by atoms with Gasteiger partial charge in [0.1, 0.15) is 17.8 Å². The summed E-state index contributed by atoms with van der Waals surface area (Å²) in [5, 5.41) is 17.9. The number of aliphatic hydroxyl groups is 1. The second-order valence-corrected chi connectivity index (χ2v) is 10.6. The Morgan fingerprint density at radius 3 is 2.09 bits per heavy atom. The Morgan fingerprint density at radius 2 is 1.53 bits per heavy atom. The van der Waals surface area contributed by atoms with Crippen LogP contribution in [0.1, 0.15) is 41.4 Å². The van der Waals surface area contributed by atoms with Gasteiger partial charge in [-0.3, -0.25) is 14.4 Å². The molecular formula is C31H33ClF3N3O5. The fourth-order valence-electron chi connectivity index (χ4n) is 4.34. The van der Waals surface area contributed by atoms with Crippen LogP contribution in [0.4, 0.5) is 13.2 Å². The summed E-state index contributed by atoms with van der Waals surface area (Å²) < 4.78 is 45.3. The zero-order valence-corrected chi connectivity index (χ0v) is 24.4. The molecule has 0 spiro atoms. The molecular weight excluding hydrogens is 587 g/mol. The second kappa shape index (κ2) is 14.9. The van der Waals surface area contributed by atoms with E-state index in [0.29, 0.717) is 16.3 Å². The standard InChI is InChI=1S/C31H33ClF3N3O5/c1-18(2)25(27(39)31(33,34)35)37-30(42)26(20-12-14-23(43-3)15-13-20)38-29(41)24(17-19-8-7-11-22(32)16-19)36-28(40)21-9-5-4-6-10-21/h4-16,18,24-27,39H,17H2,1-3H3,(H,36,40)(H,37,42)(H,38,41). The number of methoxy groups -OCH3 is 1. The van der Waals surface area contributed by atoms with Gasteiger partial charge in [-0.15, -0.1) is 0 Å². The average molecular weight is 620 g/mol. The topological polar surface area (TPSA) is 117 Å². The normalized spacial score (nSPS) is 14.3. The minimum atomic E-state index is -5.00. The van der Waals surface area contributed by atoms with Gasteiger partial charge in [0.25, 0.3) is 5.91 Å². The van der Waals surface area contributed by atoms with Crippen molar-refractivity contribution in [1.29, 1.82) is 0 Å². The first-order chi connectivity index (χ1) is 20.3. The number of carbonyl (C=O) groups is 3. The molecule has 43 heavy (non-hydrogen) atoms. The van der Waals surface area contributed by atoms with E-state index in [1.54, 1.807) is 54.6 Å². The summed E-state index contributed by atoms with van der Waals surface area (Å²) in [7, 11) is 1.43. The molecule has 3 aromatic rings. The number of nitrogens with one attached hydrogen (secondary N) is 3. The zero-order valence-electron chi connectivity index (χ0n) is 23.7. The maximum Gasteiger partial charge on any atom is 0.416 e. The molecule has 0 aromatic heterocycles. The molecule has 3 amide bonds. The molecule has 0 aliphatic rings. The lowest BCUT2D eigenvalue weighted by molar-refractivity contribution is -0.215. The first-order valence-corrected chi connectivity index (χ1v) is 13.8. The molecule has 4 unspecified atom stereocenters. The van der Waals surface area contributed by atoms with Crippen LogP contribution >= 0.6 is 11.6 Å². The Balaban J connectivity index is 1.95. The molecule has 0 saturated heterocycles. The van der Waals surface area contributed by atoms with Crippen molar-refractivity contribution in [3.63, 3.8) is 0 Å². The number of benzene rings is 3. The number of amides is 3. The number of rotatable bonds is 12. The number of halogens is 4. The first kappa shape index (κ1) is 33.4. The molecule has 0 bridgehead atoms. The van der Waals surface area contributed by atoms with E-state index in [2.05, 4.69) is 16.0 Å². The summed E-state index contributed by atoms with van der Waals surface area (Å²) in [4.78, 5) is 40.3. The summed E-state index contributed by atoms with van der Waals surface area (Å²) in [6.45, 7) is 2.84. The van der Waals surface area contributed by atoms with E-state index in [-0.39, 0.29) is 17.5 Å². The quantitative estimate of drug-likeness (QED) is 0.236. The Kier molecular flexibility index (Phi) is 11.6. The smallest absolute Gasteiger partial charge is 0.416 e. The SMILES string of the molecule is COc1ccc(C(NC(=O)C(Cc2cccc(Cl)c2)NC(=O)c2ccccc2)C(=O)NC(C(C)C)C(O)C(F)(F)F)cc1. The highest BCUT2D eigenvalue weighted by Crippen LogP contribution is 2.27. The Bertz CT molecular complexity index is 1390. The predicted octanol–water partition coefficient (Wildman–Crippen LogP) is 4.61. The van der Waals surface area contributed by atoms with Gasteiger partial charge in [0.05, 0.1) is 13.2 Å². The van der Waals surface area contributed by atoms with E-state index < -0.39 is 54.0 Å². The molecule has 3 aromatic carbocycles. The van der Waals surface area contributed by atoms with Gasteiger partial charge in [0.15, 0.2) is 6.10 Å². The molecule has 12 heteroatoms. The number of alkyl halides is 3. The van der Waals surface area contributed by atoms with Crippen molar-refractivity contribution in [2.45, 2.75) is 50.7 Å². The van der Waals surface area contributed by atoms with Crippen LogP contribution in [-0.2, 0) is 16.0 Å². The van der Waals surface area contributed by atoms with Gasteiger partial charge >= 0.3 is 6.18 Å². The monoisotopic (exact) mass is 619 g/mol. The van der Waals surface area contributed by atoms with Crippen LogP contribution in [0.2, 0.25) is 5.02 Å². The van der Waals surface area contributed by atoms with Crippen LogP contribution < -0.4 is 20.7 Å². The lowest BCUT2D eigenvalue weighted by Gasteiger charge is -2.31. The largest absolute Gasteiger partial charge is 0.497 e. The molecule has 0 radical (unpaired) electrons. The van der Waals surface area contributed by atoms with Crippen molar-refractivity contribution >= 4 is 29.3 Å². The van der Waals surface area contributed by atoms with E-state index >= 15 is 0 Å². The Labute approximate surface area is 252 Å². The molecule has 0 heterocycles. The van der Waals surface area contributed by atoms with Crippen LogP contribution in [0.25, 0.3) is 0 Å². The summed E-state index contributed by atoms with van der Waals surface area (Å²) >= 11 is 6.12.